The lowest BCUT2D eigenvalue weighted by atomic mass is 9.96. The third-order valence-electron chi connectivity index (χ3n) is 2.94. The van der Waals surface area contributed by atoms with Gasteiger partial charge in [0.1, 0.15) is 22.8 Å². The Balaban J connectivity index is 3.16. The van der Waals surface area contributed by atoms with Gasteiger partial charge < -0.3 is 15.3 Å². The average molecular weight is 264 g/mol. The fourth-order valence-corrected chi connectivity index (χ4v) is 1.85. The molecule has 0 aromatic heterocycles. The summed E-state index contributed by atoms with van der Waals surface area (Å²) in [5.41, 5.74) is 0.0935. The van der Waals surface area contributed by atoms with E-state index in [4.69, 9.17) is 0 Å². The van der Waals surface area contributed by atoms with Gasteiger partial charge in [-0.2, -0.15) is 0 Å². The van der Waals surface area contributed by atoms with Gasteiger partial charge in [-0.05, 0) is 18.8 Å². The summed E-state index contributed by atoms with van der Waals surface area (Å²) < 4.78 is 0. The number of rotatable bonds is 6. The highest BCUT2D eigenvalue weighted by Crippen LogP contribution is 2.38. The van der Waals surface area contributed by atoms with Crippen LogP contribution in [-0.4, -0.2) is 21.1 Å². The molecule has 1 aromatic carbocycles. The van der Waals surface area contributed by atoms with E-state index in [-0.39, 0.29) is 41.3 Å². The minimum absolute atomic E-state index is 0.115. The smallest absolute Gasteiger partial charge is 0.170 e. The Morgan fingerprint density at radius 3 is 2.47 bits per heavy atom. The lowest BCUT2D eigenvalue weighted by Crippen LogP contribution is -2.04. The van der Waals surface area contributed by atoms with Crippen molar-refractivity contribution in [1.29, 1.82) is 0 Å². The molecule has 0 saturated carbocycles. The van der Waals surface area contributed by atoms with Crippen molar-refractivity contribution < 1.29 is 20.1 Å². The van der Waals surface area contributed by atoms with Crippen molar-refractivity contribution in [2.75, 3.05) is 0 Å². The molecule has 1 rings (SSSR count). The van der Waals surface area contributed by atoms with E-state index in [2.05, 4.69) is 6.58 Å². The topological polar surface area (TPSA) is 77.8 Å². The van der Waals surface area contributed by atoms with E-state index in [1.807, 2.05) is 13.8 Å². The molecule has 0 heterocycles. The maximum atomic E-state index is 12.0. The van der Waals surface area contributed by atoms with Crippen LogP contribution in [0, 0.1) is 5.92 Å². The molecule has 3 N–H and O–H groups in total. The van der Waals surface area contributed by atoms with Crippen LogP contribution >= 0.6 is 0 Å². The number of carbonyl (C=O) groups excluding carboxylic acids is 1. The number of phenols is 3. The first kappa shape index (κ1) is 15.1. The Hall–Kier alpha value is -1.97. The Morgan fingerprint density at radius 1 is 1.32 bits per heavy atom. The zero-order chi connectivity index (χ0) is 14.6. The van der Waals surface area contributed by atoms with Gasteiger partial charge in [0.25, 0.3) is 0 Å². The standard InChI is InChI=1S/C15H20O4/c1-4-5-10-12(17)8-13(18)14(15(10)19)11(16)7-6-9(2)3/h4,8-9,17-19H,1,5-7H2,2-3H3. The molecule has 4 nitrogen and oxygen atoms in total. The van der Waals surface area contributed by atoms with E-state index < -0.39 is 5.75 Å². The van der Waals surface area contributed by atoms with Gasteiger partial charge in [-0.1, -0.05) is 19.9 Å². The minimum Gasteiger partial charge on any atom is -0.507 e. The van der Waals surface area contributed by atoms with Crippen molar-refractivity contribution in [3.05, 3.63) is 29.8 Å². The normalized spacial score (nSPS) is 10.7. The summed E-state index contributed by atoms with van der Waals surface area (Å²) in [6, 6.07) is 1.08. The predicted octanol–water partition coefficient (Wildman–Crippen LogP) is 3.15. The first-order valence-electron chi connectivity index (χ1n) is 6.29. The summed E-state index contributed by atoms with van der Waals surface area (Å²) >= 11 is 0. The van der Waals surface area contributed by atoms with E-state index >= 15 is 0 Å². The highest BCUT2D eigenvalue weighted by Gasteiger charge is 2.21. The molecule has 1 aromatic rings. The zero-order valence-corrected chi connectivity index (χ0v) is 11.3. The number of hydrogen-bond donors (Lipinski definition) is 3. The number of phenolic OH excluding ortho intramolecular Hbond substituents is 3. The largest absolute Gasteiger partial charge is 0.507 e. The first-order chi connectivity index (χ1) is 8.88. The molecule has 0 bridgehead atoms. The van der Waals surface area contributed by atoms with Gasteiger partial charge in [0.2, 0.25) is 0 Å². The number of allylic oxidation sites excluding steroid dienone is 1. The highest BCUT2D eigenvalue weighted by molar-refractivity contribution is 6.01. The molecule has 0 atom stereocenters. The Morgan fingerprint density at radius 2 is 1.95 bits per heavy atom. The molecule has 0 aliphatic rings. The van der Waals surface area contributed by atoms with Crippen molar-refractivity contribution in [3.8, 4) is 17.2 Å². The van der Waals surface area contributed by atoms with E-state index in [1.54, 1.807) is 0 Å². The van der Waals surface area contributed by atoms with Crippen molar-refractivity contribution in [2.45, 2.75) is 33.1 Å². The van der Waals surface area contributed by atoms with Crippen LogP contribution in [0.4, 0.5) is 0 Å². The van der Waals surface area contributed by atoms with Crippen LogP contribution in [0.3, 0.4) is 0 Å². The van der Waals surface area contributed by atoms with Gasteiger partial charge in [-0.25, -0.2) is 0 Å². The van der Waals surface area contributed by atoms with Gasteiger partial charge in [0.15, 0.2) is 5.78 Å². The second-order valence-electron chi connectivity index (χ2n) is 4.97. The Kier molecular flexibility index (Phi) is 4.98. The molecular formula is C15H20O4. The van der Waals surface area contributed by atoms with Crippen molar-refractivity contribution in [1.82, 2.24) is 0 Å². The van der Waals surface area contributed by atoms with Crippen molar-refractivity contribution >= 4 is 5.78 Å². The van der Waals surface area contributed by atoms with Crippen LogP contribution in [-0.2, 0) is 6.42 Å². The van der Waals surface area contributed by atoms with E-state index in [0.29, 0.717) is 12.3 Å². The van der Waals surface area contributed by atoms with Crippen LogP contribution < -0.4 is 0 Å². The number of aromatic hydroxyl groups is 3. The summed E-state index contributed by atoms with van der Waals surface area (Å²) in [5.74, 6) is -0.954. The average Bonchev–Trinajstić information content (AvgIpc) is 2.31. The van der Waals surface area contributed by atoms with E-state index in [1.165, 1.54) is 6.08 Å². The molecule has 0 radical (unpaired) electrons. The van der Waals surface area contributed by atoms with Crippen LogP contribution in [0.15, 0.2) is 18.7 Å². The summed E-state index contributed by atoms with van der Waals surface area (Å²) in [5, 5.41) is 29.4. The van der Waals surface area contributed by atoms with Crippen LogP contribution in [0.5, 0.6) is 17.2 Å². The number of Topliss-reactive ketones (excluding diaryl/α,β-unsaturated/α-hetero) is 1. The molecule has 0 saturated heterocycles. The van der Waals surface area contributed by atoms with Gasteiger partial charge in [-0.15, -0.1) is 6.58 Å². The number of carbonyl (C=O) groups is 1. The molecule has 0 amide bonds. The van der Waals surface area contributed by atoms with Crippen LogP contribution in [0.2, 0.25) is 0 Å². The molecule has 104 valence electrons. The molecule has 0 fully saturated rings. The summed E-state index contributed by atoms with van der Waals surface area (Å²) in [6.07, 6.45) is 2.66. The van der Waals surface area contributed by atoms with Gasteiger partial charge in [-0.3, -0.25) is 4.79 Å². The number of ketones is 1. The summed E-state index contributed by atoms with van der Waals surface area (Å²) in [7, 11) is 0. The minimum atomic E-state index is -0.392. The van der Waals surface area contributed by atoms with Gasteiger partial charge in [0.05, 0.1) is 0 Å². The molecule has 0 unspecified atom stereocenters. The third kappa shape index (κ3) is 3.50. The maximum absolute atomic E-state index is 12.0. The SMILES string of the molecule is C=CCc1c(O)cc(O)c(C(=O)CCC(C)C)c1O. The van der Waals surface area contributed by atoms with E-state index in [9.17, 15) is 20.1 Å². The molecule has 0 aliphatic heterocycles. The Bertz CT molecular complexity index is 489. The lowest BCUT2D eigenvalue weighted by molar-refractivity contribution is 0.0970. The highest BCUT2D eigenvalue weighted by atomic mass is 16.3. The third-order valence-corrected chi connectivity index (χ3v) is 2.94. The second-order valence-corrected chi connectivity index (χ2v) is 4.97. The van der Waals surface area contributed by atoms with E-state index in [0.717, 1.165) is 6.07 Å². The fourth-order valence-electron chi connectivity index (χ4n) is 1.85. The molecular weight excluding hydrogens is 244 g/mol. The molecule has 0 spiro atoms. The molecule has 19 heavy (non-hydrogen) atoms. The summed E-state index contributed by atoms with van der Waals surface area (Å²) in [4.78, 5) is 12.0. The van der Waals surface area contributed by atoms with Gasteiger partial charge >= 0.3 is 0 Å². The van der Waals surface area contributed by atoms with Crippen LogP contribution in [0.1, 0.15) is 42.6 Å². The van der Waals surface area contributed by atoms with Crippen molar-refractivity contribution in [3.63, 3.8) is 0 Å². The first-order valence-corrected chi connectivity index (χ1v) is 6.29. The Labute approximate surface area is 113 Å². The zero-order valence-electron chi connectivity index (χ0n) is 11.3. The summed E-state index contributed by atoms with van der Waals surface area (Å²) in [6.45, 7) is 7.51. The monoisotopic (exact) mass is 264 g/mol. The number of benzene rings is 1. The molecule has 4 heteroatoms. The quantitative estimate of drug-likeness (QED) is 0.545. The second kappa shape index (κ2) is 6.27. The predicted molar refractivity (Wildman–Crippen MR) is 73.7 cm³/mol. The molecule has 0 aliphatic carbocycles. The fraction of sp³-hybridized carbons (Fsp3) is 0.400. The van der Waals surface area contributed by atoms with Crippen LogP contribution in [0.25, 0.3) is 0 Å². The van der Waals surface area contributed by atoms with Gasteiger partial charge in [0, 0.05) is 18.1 Å². The number of hydrogen-bond acceptors (Lipinski definition) is 4. The maximum Gasteiger partial charge on any atom is 0.170 e. The lowest BCUT2D eigenvalue weighted by Gasteiger charge is -2.12. The van der Waals surface area contributed by atoms with Crippen molar-refractivity contribution in [2.24, 2.45) is 5.92 Å².